The Bertz CT molecular complexity index is 225. The molecule has 0 spiro atoms. The lowest BCUT2D eigenvalue weighted by Crippen LogP contribution is -2.40. The maximum absolute atomic E-state index is 11.5. The molecule has 0 saturated carbocycles. The Labute approximate surface area is 90.0 Å². The van der Waals surface area contributed by atoms with E-state index in [1.165, 1.54) is 0 Å². The molecule has 1 fully saturated rings. The van der Waals surface area contributed by atoms with Crippen LogP contribution in [0.25, 0.3) is 0 Å². The molecule has 0 radical (unpaired) electrons. The van der Waals surface area contributed by atoms with Gasteiger partial charge in [0, 0.05) is 13.1 Å². The Morgan fingerprint density at radius 1 is 1.40 bits per heavy atom. The minimum absolute atomic E-state index is 0.0216. The van der Waals surface area contributed by atoms with Gasteiger partial charge in [-0.1, -0.05) is 6.92 Å². The van der Waals surface area contributed by atoms with Crippen molar-refractivity contribution in [3.8, 4) is 0 Å². The molecule has 0 unspecified atom stereocenters. The van der Waals surface area contributed by atoms with Gasteiger partial charge >= 0.3 is 0 Å². The summed E-state index contributed by atoms with van der Waals surface area (Å²) in [6.45, 7) is 4.36. The van der Waals surface area contributed by atoms with Crippen LogP contribution in [0.5, 0.6) is 0 Å². The van der Waals surface area contributed by atoms with E-state index >= 15 is 0 Å². The maximum Gasteiger partial charge on any atom is 0.239 e. The third-order valence-corrected chi connectivity index (χ3v) is 2.43. The predicted octanol–water partition coefficient (Wildman–Crippen LogP) is -0.762. The Morgan fingerprint density at radius 3 is 2.80 bits per heavy atom. The van der Waals surface area contributed by atoms with E-state index in [4.69, 9.17) is 0 Å². The lowest BCUT2D eigenvalue weighted by Gasteiger charge is -2.09. The van der Waals surface area contributed by atoms with Crippen molar-refractivity contribution in [3.05, 3.63) is 0 Å². The van der Waals surface area contributed by atoms with Gasteiger partial charge in [-0.05, 0) is 19.4 Å². The molecule has 5 heteroatoms. The first-order valence-corrected chi connectivity index (χ1v) is 5.49. The van der Waals surface area contributed by atoms with Gasteiger partial charge in [0.15, 0.2) is 0 Å². The summed E-state index contributed by atoms with van der Waals surface area (Å²) in [7, 11) is 0. The van der Waals surface area contributed by atoms with E-state index < -0.39 is 0 Å². The summed E-state index contributed by atoms with van der Waals surface area (Å²) >= 11 is 0. The SMILES string of the molecule is CCCNC(=O)CNC(=O)[C@H]1CCNC1. The highest BCUT2D eigenvalue weighted by Crippen LogP contribution is 2.06. The molecule has 5 nitrogen and oxygen atoms in total. The molecule has 0 aromatic heterocycles. The van der Waals surface area contributed by atoms with Crippen molar-refractivity contribution in [2.24, 2.45) is 5.92 Å². The normalized spacial score (nSPS) is 19.9. The van der Waals surface area contributed by atoms with Crippen LogP contribution in [0.15, 0.2) is 0 Å². The largest absolute Gasteiger partial charge is 0.355 e. The monoisotopic (exact) mass is 213 g/mol. The van der Waals surface area contributed by atoms with Crippen LogP contribution in [0.2, 0.25) is 0 Å². The van der Waals surface area contributed by atoms with E-state index in [2.05, 4.69) is 16.0 Å². The van der Waals surface area contributed by atoms with Crippen LogP contribution in [-0.2, 0) is 9.59 Å². The van der Waals surface area contributed by atoms with Crippen LogP contribution in [0.3, 0.4) is 0 Å². The summed E-state index contributed by atoms with van der Waals surface area (Å²) < 4.78 is 0. The summed E-state index contributed by atoms with van der Waals surface area (Å²) in [5, 5.41) is 8.47. The standard InChI is InChI=1S/C10H19N3O2/c1-2-4-12-9(14)7-13-10(15)8-3-5-11-6-8/h8,11H,2-7H2,1H3,(H,12,14)(H,13,15)/t8-/m0/s1. The van der Waals surface area contributed by atoms with E-state index in [-0.39, 0.29) is 24.3 Å². The smallest absolute Gasteiger partial charge is 0.239 e. The highest BCUT2D eigenvalue weighted by Gasteiger charge is 2.22. The molecule has 1 rings (SSSR count). The van der Waals surface area contributed by atoms with E-state index in [1.807, 2.05) is 6.92 Å². The van der Waals surface area contributed by atoms with Crippen LogP contribution in [-0.4, -0.2) is 38.0 Å². The topological polar surface area (TPSA) is 70.2 Å². The summed E-state index contributed by atoms with van der Waals surface area (Å²) in [4.78, 5) is 22.7. The minimum atomic E-state index is -0.115. The highest BCUT2D eigenvalue weighted by molar-refractivity contribution is 5.86. The number of hydrogen-bond donors (Lipinski definition) is 3. The third-order valence-electron chi connectivity index (χ3n) is 2.43. The second-order valence-electron chi connectivity index (χ2n) is 3.76. The van der Waals surface area contributed by atoms with Gasteiger partial charge in [-0.2, -0.15) is 0 Å². The molecule has 1 aliphatic rings. The summed E-state index contributed by atoms with van der Waals surface area (Å²) in [6, 6.07) is 0. The average Bonchev–Trinajstić information content (AvgIpc) is 2.76. The molecule has 3 N–H and O–H groups in total. The van der Waals surface area contributed by atoms with Gasteiger partial charge in [-0.3, -0.25) is 9.59 Å². The minimum Gasteiger partial charge on any atom is -0.355 e. The van der Waals surface area contributed by atoms with Gasteiger partial charge in [0.2, 0.25) is 11.8 Å². The van der Waals surface area contributed by atoms with Crippen molar-refractivity contribution < 1.29 is 9.59 Å². The van der Waals surface area contributed by atoms with Crippen LogP contribution < -0.4 is 16.0 Å². The molecule has 1 saturated heterocycles. The first-order chi connectivity index (χ1) is 7.24. The summed E-state index contributed by atoms with van der Waals surface area (Å²) in [6.07, 6.45) is 1.77. The number of nitrogens with one attached hydrogen (secondary N) is 3. The summed E-state index contributed by atoms with van der Waals surface area (Å²) in [5.74, 6) is -0.105. The van der Waals surface area contributed by atoms with Crippen molar-refractivity contribution >= 4 is 11.8 Å². The average molecular weight is 213 g/mol. The van der Waals surface area contributed by atoms with Gasteiger partial charge in [0.05, 0.1) is 12.5 Å². The Kier molecular flexibility index (Phi) is 5.10. The molecule has 1 heterocycles. The van der Waals surface area contributed by atoms with E-state index in [9.17, 15) is 9.59 Å². The molecule has 86 valence electrons. The van der Waals surface area contributed by atoms with E-state index in [0.29, 0.717) is 6.54 Å². The fourth-order valence-electron chi connectivity index (χ4n) is 1.52. The van der Waals surface area contributed by atoms with Crippen molar-refractivity contribution in [3.63, 3.8) is 0 Å². The summed E-state index contributed by atoms with van der Waals surface area (Å²) in [5.41, 5.74) is 0. The molecule has 1 aliphatic heterocycles. The fraction of sp³-hybridized carbons (Fsp3) is 0.800. The molecular weight excluding hydrogens is 194 g/mol. The first kappa shape index (κ1) is 12.0. The highest BCUT2D eigenvalue weighted by atomic mass is 16.2. The maximum atomic E-state index is 11.5. The fourth-order valence-corrected chi connectivity index (χ4v) is 1.52. The molecule has 0 aromatic carbocycles. The third kappa shape index (κ3) is 4.29. The van der Waals surface area contributed by atoms with Crippen LogP contribution in [0, 0.1) is 5.92 Å². The zero-order valence-corrected chi connectivity index (χ0v) is 9.14. The Hall–Kier alpha value is -1.10. The van der Waals surface area contributed by atoms with Crippen molar-refractivity contribution in [1.29, 1.82) is 0 Å². The quantitative estimate of drug-likeness (QED) is 0.562. The second kappa shape index (κ2) is 6.40. The zero-order valence-electron chi connectivity index (χ0n) is 9.14. The lowest BCUT2D eigenvalue weighted by molar-refractivity contribution is -0.128. The van der Waals surface area contributed by atoms with Crippen LogP contribution in [0.4, 0.5) is 0 Å². The second-order valence-corrected chi connectivity index (χ2v) is 3.76. The van der Waals surface area contributed by atoms with Crippen LogP contribution >= 0.6 is 0 Å². The Balaban J connectivity index is 2.12. The molecule has 15 heavy (non-hydrogen) atoms. The molecule has 0 bridgehead atoms. The number of amides is 2. The molecule has 2 amide bonds. The van der Waals surface area contributed by atoms with Crippen molar-refractivity contribution in [2.75, 3.05) is 26.2 Å². The number of rotatable bonds is 5. The molecule has 1 atom stereocenters. The van der Waals surface area contributed by atoms with Crippen LogP contribution in [0.1, 0.15) is 19.8 Å². The van der Waals surface area contributed by atoms with Crippen molar-refractivity contribution in [1.82, 2.24) is 16.0 Å². The van der Waals surface area contributed by atoms with Gasteiger partial charge in [0.1, 0.15) is 0 Å². The van der Waals surface area contributed by atoms with Crippen molar-refractivity contribution in [2.45, 2.75) is 19.8 Å². The first-order valence-electron chi connectivity index (χ1n) is 5.49. The number of hydrogen-bond acceptors (Lipinski definition) is 3. The molecule has 0 aliphatic carbocycles. The van der Waals surface area contributed by atoms with E-state index in [1.54, 1.807) is 0 Å². The zero-order chi connectivity index (χ0) is 11.1. The number of carbonyl (C=O) groups is 2. The van der Waals surface area contributed by atoms with Gasteiger partial charge < -0.3 is 16.0 Å². The predicted molar refractivity (Wildman–Crippen MR) is 57.3 cm³/mol. The van der Waals surface area contributed by atoms with Gasteiger partial charge in [-0.25, -0.2) is 0 Å². The Morgan fingerprint density at radius 2 is 2.20 bits per heavy atom. The lowest BCUT2D eigenvalue weighted by atomic mass is 10.1. The molecule has 0 aromatic rings. The number of carbonyl (C=O) groups excluding carboxylic acids is 2. The van der Waals surface area contributed by atoms with Gasteiger partial charge in [0.25, 0.3) is 0 Å². The van der Waals surface area contributed by atoms with E-state index in [0.717, 1.165) is 25.9 Å². The molecular formula is C10H19N3O2. The van der Waals surface area contributed by atoms with Gasteiger partial charge in [-0.15, -0.1) is 0 Å².